The Kier molecular flexibility index (Phi) is 56.9. The van der Waals surface area contributed by atoms with Crippen molar-refractivity contribution in [3.05, 3.63) is 12.2 Å². The van der Waals surface area contributed by atoms with Gasteiger partial charge in [-0.15, -0.1) is 0 Å². The Labute approximate surface area is 546 Å². The van der Waals surface area contributed by atoms with Crippen molar-refractivity contribution in [1.82, 2.24) is 5.32 Å². The summed E-state index contributed by atoms with van der Waals surface area (Å²) in [6.45, 7) is 2.87. The average Bonchev–Trinajstić information content (AvgIpc) is 3.35. The van der Waals surface area contributed by atoms with Gasteiger partial charge in [0, 0.05) is 6.42 Å². The summed E-state index contributed by atoms with van der Waals surface area (Å²) in [6, 6.07) is -0.912. The molecule has 1 amide bonds. The lowest BCUT2D eigenvalue weighted by Gasteiger charge is -2.46. The summed E-state index contributed by atoms with van der Waals surface area (Å²) in [4.78, 5) is 13.4. The van der Waals surface area contributed by atoms with Crippen LogP contribution in [0.1, 0.15) is 367 Å². The van der Waals surface area contributed by atoms with Crippen molar-refractivity contribution in [1.29, 1.82) is 0 Å². The highest BCUT2D eigenvalue weighted by Gasteiger charge is 2.51. The van der Waals surface area contributed by atoms with E-state index in [1.807, 2.05) is 6.08 Å². The van der Waals surface area contributed by atoms with E-state index >= 15 is 0 Å². The molecule has 2 saturated heterocycles. The number of nitrogens with one attached hydrogen (secondary N) is 1. The van der Waals surface area contributed by atoms with Crippen LogP contribution in [0, 0.1) is 0 Å². The number of hydrogen-bond donors (Lipinski definition) is 9. The van der Waals surface area contributed by atoms with E-state index in [0.29, 0.717) is 0 Å². The lowest BCUT2D eigenvalue weighted by atomic mass is 9.97. The number of carbonyl (C=O) groups excluding carboxylic acids is 1. The highest BCUT2D eigenvalue weighted by Crippen LogP contribution is 2.30. The number of aliphatic hydroxyl groups excluding tert-OH is 8. The zero-order chi connectivity index (χ0) is 64.5. The summed E-state index contributed by atoms with van der Waals surface area (Å²) in [5, 5.41) is 87.6. The number of aliphatic hydroxyl groups is 8. The molecule has 2 rings (SSSR count). The van der Waals surface area contributed by atoms with Gasteiger partial charge in [0.25, 0.3) is 0 Å². The van der Waals surface area contributed by atoms with Gasteiger partial charge in [0.05, 0.1) is 32.0 Å². The second-order valence-corrected chi connectivity index (χ2v) is 27.5. The normalized spacial score (nSPS) is 23.0. The Morgan fingerprint density at radius 2 is 0.697 bits per heavy atom. The van der Waals surface area contributed by atoms with Gasteiger partial charge in [-0.1, -0.05) is 353 Å². The summed E-state index contributed by atoms with van der Waals surface area (Å²) >= 11 is 0. The van der Waals surface area contributed by atoms with E-state index in [9.17, 15) is 45.6 Å². The Bertz CT molecular complexity index is 1540. The molecule has 12 atom stereocenters. The fourth-order valence-electron chi connectivity index (χ4n) is 13.1. The fraction of sp³-hybridized carbons (Fsp3) is 0.960. The third-order valence-corrected chi connectivity index (χ3v) is 19.2. The fourth-order valence-corrected chi connectivity index (χ4v) is 13.1. The molecule has 2 fully saturated rings. The topological polar surface area (TPSA) is 228 Å². The van der Waals surface area contributed by atoms with E-state index in [1.165, 1.54) is 302 Å². The molecule has 528 valence electrons. The third kappa shape index (κ3) is 44.2. The van der Waals surface area contributed by atoms with Crippen LogP contribution < -0.4 is 5.32 Å². The second-order valence-electron chi connectivity index (χ2n) is 27.5. The first-order valence-corrected chi connectivity index (χ1v) is 38.4. The van der Waals surface area contributed by atoms with Crippen molar-refractivity contribution in [3.8, 4) is 0 Å². The van der Waals surface area contributed by atoms with Crippen molar-refractivity contribution in [3.63, 3.8) is 0 Å². The summed E-state index contributed by atoms with van der Waals surface area (Å²) in [6.07, 6.45) is 58.6. The molecule has 0 radical (unpaired) electrons. The number of ether oxygens (including phenoxy) is 4. The van der Waals surface area contributed by atoms with Crippen molar-refractivity contribution in [2.75, 3.05) is 19.8 Å². The van der Waals surface area contributed by atoms with Crippen LogP contribution in [-0.4, -0.2) is 140 Å². The van der Waals surface area contributed by atoms with Crippen molar-refractivity contribution in [2.45, 2.75) is 441 Å². The smallest absolute Gasteiger partial charge is 0.220 e. The van der Waals surface area contributed by atoms with Gasteiger partial charge in [-0.05, 0) is 19.3 Å². The van der Waals surface area contributed by atoms with Crippen LogP contribution >= 0.6 is 0 Å². The quantitative estimate of drug-likeness (QED) is 0.0204. The SMILES string of the molecule is CCCCCCCCCCCCCCCCCCCCCCCCCCCCCCCC/C=C/C(O)C(COC1OC(CO)C(OC2OC(CO)C(O)C(O)C2O)C(O)C1O)NC(=O)CCCCCCCCCCCCCCCCCCCCCCCCC. The molecule has 0 aliphatic carbocycles. The molecule has 0 saturated carbocycles. The van der Waals surface area contributed by atoms with Gasteiger partial charge >= 0.3 is 0 Å². The first-order chi connectivity index (χ1) is 43.6. The van der Waals surface area contributed by atoms with Crippen molar-refractivity contribution < 1.29 is 64.6 Å². The second kappa shape index (κ2) is 60.4. The largest absolute Gasteiger partial charge is 0.394 e. The first kappa shape index (κ1) is 83.8. The van der Waals surface area contributed by atoms with Crippen LogP contribution in [0.15, 0.2) is 12.2 Å². The highest BCUT2D eigenvalue weighted by atomic mass is 16.7. The molecule has 9 N–H and O–H groups in total. The molecular weight excluding hydrogens is 1120 g/mol. The van der Waals surface area contributed by atoms with Gasteiger partial charge < -0.3 is 65.1 Å². The van der Waals surface area contributed by atoms with E-state index in [4.69, 9.17) is 18.9 Å². The number of allylic oxidation sites excluding steroid dienone is 1. The maximum atomic E-state index is 13.4. The van der Waals surface area contributed by atoms with Crippen LogP contribution in [0.4, 0.5) is 0 Å². The van der Waals surface area contributed by atoms with E-state index < -0.39 is 86.8 Å². The molecule has 12 unspecified atom stereocenters. The number of rotatable bonds is 65. The minimum absolute atomic E-state index is 0.230. The maximum Gasteiger partial charge on any atom is 0.220 e. The van der Waals surface area contributed by atoms with Crippen LogP contribution in [0.3, 0.4) is 0 Å². The summed E-state index contributed by atoms with van der Waals surface area (Å²) in [5.74, 6) is -0.230. The Morgan fingerprint density at radius 1 is 0.393 bits per heavy atom. The standard InChI is InChI=1S/C75H145NO13/c1-3-5-7-9-11-13-15-17-19-21-23-25-27-28-29-30-31-32-33-34-35-37-38-40-42-44-46-48-50-52-54-56-58-64(79)63(62-86-74-72(85)70(83)73(66(61-78)88-74)89-75-71(84)69(82)68(81)65(60-77)87-75)76-67(80)59-57-55-53-51-49-47-45-43-41-39-36-26-24-22-20-18-16-14-12-10-8-6-4-2/h56,58,63-66,68-75,77-79,81-85H,3-55,57,59-62H2,1-2H3,(H,76,80)/b58-56+. The first-order valence-electron chi connectivity index (χ1n) is 38.4. The molecule has 14 nitrogen and oxygen atoms in total. The highest BCUT2D eigenvalue weighted by molar-refractivity contribution is 5.76. The molecule has 0 bridgehead atoms. The predicted octanol–water partition coefficient (Wildman–Crippen LogP) is 16.5. The molecule has 0 aromatic carbocycles. The van der Waals surface area contributed by atoms with Crippen LogP contribution in [0.5, 0.6) is 0 Å². The number of unbranched alkanes of at least 4 members (excludes halogenated alkanes) is 52. The Balaban J connectivity index is 1.63. The van der Waals surface area contributed by atoms with Crippen molar-refractivity contribution >= 4 is 5.91 Å². The van der Waals surface area contributed by atoms with Gasteiger partial charge in [0.2, 0.25) is 5.91 Å². The maximum absolute atomic E-state index is 13.4. The van der Waals surface area contributed by atoms with E-state index in [2.05, 4.69) is 19.2 Å². The van der Waals surface area contributed by atoms with E-state index in [1.54, 1.807) is 6.08 Å². The number of carbonyl (C=O) groups is 1. The Morgan fingerprint density at radius 3 is 1.03 bits per heavy atom. The molecule has 0 aromatic rings. The van der Waals surface area contributed by atoms with Gasteiger partial charge in [-0.3, -0.25) is 4.79 Å². The van der Waals surface area contributed by atoms with E-state index in [-0.39, 0.29) is 18.9 Å². The number of hydrogen-bond acceptors (Lipinski definition) is 13. The third-order valence-electron chi connectivity index (χ3n) is 19.2. The lowest BCUT2D eigenvalue weighted by Crippen LogP contribution is -2.65. The zero-order valence-electron chi connectivity index (χ0n) is 57.7. The van der Waals surface area contributed by atoms with Crippen LogP contribution in [0.2, 0.25) is 0 Å². The summed E-state index contributed by atoms with van der Waals surface area (Å²) < 4.78 is 22.9. The Hall–Kier alpha value is -1.27. The molecule has 2 heterocycles. The summed E-state index contributed by atoms with van der Waals surface area (Å²) in [5.41, 5.74) is 0. The van der Waals surface area contributed by atoms with Gasteiger partial charge in [0.1, 0.15) is 48.8 Å². The average molecular weight is 1270 g/mol. The molecule has 0 spiro atoms. The van der Waals surface area contributed by atoms with E-state index in [0.717, 1.165) is 44.9 Å². The lowest BCUT2D eigenvalue weighted by molar-refractivity contribution is -0.359. The molecule has 89 heavy (non-hydrogen) atoms. The van der Waals surface area contributed by atoms with Gasteiger partial charge in [-0.25, -0.2) is 0 Å². The zero-order valence-corrected chi connectivity index (χ0v) is 57.7. The minimum atomic E-state index is -1.79. The van der Waals surface area contributed by atoms with Crippen molar-refractivity contribution in [2.24, 2.45) is 0 Å². The predicted molar refractivity (Wildman–Crippen MR) is 365 cm³/mol. The molecule has 0 aromatic heterocycles. The van der Waals surface area contributed by atoms with Crippen LogP contribution in [-0.2, 0) is 23.7 Å². The molecule has 2 aliphatic rings. The summed E-state index contributed by atoms with van der Waals surface area (Å²) in [7, 11) is 0. The van der Waals surface area contributed by atoms with Gasteiger partial charge in [0.15, 0.2) is 12.6 Å². The monoisotopic (exact) mass is 1270 g/mol. The van der Waals surface area contributed by atoms with Gasteiger partial charge in [-0.2, -0.15) is 0 Å². The molecular formula is C75H145NO13. The molecule has 2 aliphatic heterocycles. The van der Waals surface area contributed by atoms with Crippen LogP contribution in [0.25, 0.3) is 0 Å². The number of amides is 1. The molecule has 14 heteroatoms. The minimum Gasteiger partial charge on any atom is -0.394 e.